The molecule has 0 unspecified atom stereocenters. The standard InChI is InChI=1S/C21H31N5O/c1-21(2,3)20(27)26-8-6-15(7-9-26)14-25-19-5-4-16(10-17(19)11-22)18(12-23)13-24/h4-5,10-13,15,22-23,25H,6-9,14,24H2,1-3H3/b18-13+,22-11?,23-12?. The molecule has 1 aromatic carbocycles. The number of hydrogen-bond acceptors (Lipinski definition) is 5. The van der Waals surface area contributed by atoms with E-state index in [1.807, 2.05) is 43.9 Å². The van der Waals surface area contributed by atoms with Crippen LogP contribution in [0.1, 0.15) is 44.7 Å². The number of carbonyl (C=O) groups is 1. The molecule has 1 heterocycles. The summed E-state index contributed by atoms with van der Waals surface area (Å²) in [6, 6.07) is 5.70. The van der Waals surface area contributed by atoms with Crippen LogP contribution >= 0.6 is 0 Å². The first-order valence-electron chi connectivity index (χ1n) is 9.40. The normalized spacial score (nSPS) is 16.1. The Morgan fingerprint density at radius 2 is 1.96 bits per heavy atom. The highest BCUT2D eigenvalue weighted by atomic mass is 16.2. The molecule has 6 nitrogen and oxygen atoms in total. The van der Waals surface area contributed by atoms with Crippen molar-refractivity contribution in [3.05, 3.63) is 35.5 Å². The molecule has 1 saturated heterocycles. The number of nitrogens with zero attached hydrogens (tertiary/aromatic N) is 1. The number of hydrogen-bond donors (Lipinski definition) is 4. The largest absolute Gasteiger partial charge is 0.404 e. The minimum absolute atomic E-state index is 0.227. The Morgan fingerprint density at radius 3 is 2.48 bits per heavy atom. The van der Waals surface area contributed by atoms with Crippen LogP contribution < -0.4 is 11.1 Å². The molecule has 0 aromatic heterocycles. The molecule has 0 radical (unpaired) electrons. The van der Waals surface area contributed by atoms with Gasteiger partial charge in [0, 0.05) is 60.5 Å². The maximum absolute atomic E-state index is 12.4. The van der Waals surface area contributed by atoms with E-state index in [-0.39, 0.29) is 11.3 Å². The Morgan fingerprint density at radius 1 is 1.30 bits per heavy atom. The zero-order chi connectivity index (χ0) is 20.0. The van der Waals surface area contributed by atoms with E-state index in [9.17, 15) is 4.79 Å². The molecule has 1 aromatic rings. The Hall–Kier alpha value is -2.63. The molecule has 2 rings (SSSR count). The summed E-state index contributed by atoms with van der Waals surface area (Å²) in [6.45, 7) is 8.34. The average molecular weight is 370 g/mol. The smallest absolute Gasteiger partial charge is 0.227 e. The molecule has 146 valence electrons. The van der Waals surface area contributed by atoms with Crippen molar-refractivity contribution in [2.75, 3.05) is 25.0 Å². The summed E-state index contributed by atoms with van der Waals surface area (Å²) >= 11 is 0. The van der Waals surface area contributed by atoms with Crippen LogP contribution in [0.25, 0.3) is 5.57 Å². The average Bonchev–Trinajstić information content (AvgIpc) is 2.66. The van der Waals surface area contributed by atoms with E-state index >= 15 is 0 Å². The maximum atomic E-state index is 12.4. The fourth-order valence-electron chi connectivity index (χ4n) is 3.32. The Labute approximate surface area is 161 Å². The summed E-state index contributed by atoms with van der Waals surface area (Å²) in [6.07, 6.45) is 5.90. The number of allylic oxidation sites excluding steroid dienone is 1. The number of rotatable bonds is 6. The predicted octanol–water partition coefficient (Wildman–Crippen LogP) is 3.33. The fourth-order valence-corrected chi connectivity index (χ4v) is 3.32. The first kappa shape index (κ1) is 20.7. The molecule has 0 spiro atoms. The van der Waals surface area contributed by atoms with Gasteiger partial charge in [0.2, 0.25) is 5.91 Å². The van der Waals surface area contributed by atoms with Crippen molar-refractivity contribution in [2.45, 2.75) is 33.6 Å². The van der Waals surface area contributed by atoms with Crippen LogP contribution in [-0.4, -0.2) is 42.9 Å². The van der Waals surface area contributed by atoms with E-state index in [1.54, 1.807) is 0 Å². The molecule has 6 heteroatoms. The lowest BCUT2D eigenvalue weighted by Gasteiger charge is -2.36. The minimum Gasteiger partial charge on any atom is -0.404 e. The van der Waals surface area contributed by atoms with Gasteiger partial charge >= 0.3 is 0 Å². The van der Waals surface area contributed by atoms with Crippen molar-refractivity contribution >= 4 is 29.6 Å². The number of nitrogens with one attached hydrogen (secondary N) is 3. The molecule has 0 saturated carbocycles. The van der Waals surface area contributed by atoms with Crippen molar-refractivity contribution in [3.63, 3.8) is 0 Å². The Bertz CT molecular complexity index is 725. The Kier molecular flexibility index (Phi) is 6.77. The molecule has 0 aliphatic carbocycles. The molecular weight excluding hydrogens is 338 g/mol. The van der Waals surface area contributed by atoms with Gasteiger partial charge in [0.15, 0.2) is 0 Å². The molecule has 1 aliphatic rings. The van der Waals surface area contributed by atoms with Gasteiger partial charge in [0.25, 0.3) is 0 Å². The minimum atomic E-state index is -0.320. The van der Waals surface area contributed by atoms with Crippen LogP contribution in [0.15, 0.2) is 24.4 Å². The van der Waals surface area contributed by atoms with E-state index in [2.05, 4.69) is 5.32 Å². The lowest BCUT2D eigenvalue weighted by atomic mass is 9.91. The molecule has 0 bridgehead atoms. The molecular formula is C21H31N5O. The summed E-state index contributed by atoms with van der Waals surface area (Å²) < 4.78 is 0. The fraction of sp³-hybridized carbons (Fsp3) is 0.476. The molecule has 1 aliphatic heterocycles. The Balaban J connectivity index is 1.95. The number of piperidine rings is 1. The summed E-state index contributed by atoms with van der Waals surface area (Å²) in [5.74, 6) is 0.735. The highest BCUT2D eigenvalue weighted by molar-refractivity contribution is 6.08. The van der Waals surface area contributed by atoms with Crippen molar-refractivity contribution < 1.29 is 4.79 Å². The topological polar surface area (TPSA) is 106 Å². The zero-order valence-corrected chi connectivity index (χ0v) is 16.5. The number of anilines is 1. The van der Waals surface area contributed by atoms with Crippen molar-refractivity contribution in [3.8, 4) is 0 Å². The third-order valence-electron chi connectivity index (χ3n) is 5.00. The molecule has 1 fully saturated rings. The van der Waals surface area contributed by atoms with Crippen LogP contribution in [0.4, 0.5) is 5.69 Å². The lowest BCUT2D eigenvalue weighted by molar-refractivity contribution is -0.140. The second kappa shape index (κ2) is 8.84. The second-order valence-corrected chi connectivity index (χ2v) is 8.08. The summed E-state index contributed by atoms with van der Waals surface area (Å²) in [7, 11) is 0. The summed E-state index contributed by atoms with van der Waals surface area (Å²) in [4.78, 5) is 14.4. The van der Waals surface area contributed by atoms with Gasteiger partial charge in [-0.3, -0.25) is 4.79 Å². The summed E-state index contributed by atoms with van der Waals surface area (Å²) in [5.41, 5.74) is 8.35. The third kappa shape index (κ3) is 5.18. The third-order valence-corrected chi connectivity index (χ3v) is 5.00. The van der Waals surface area contributed by atoms with Crippen molar-refractivity contribution in [2.24, 2.45) is 17.1 Å². The number of likely N-dealkylation sites (tertiary alicyclic amines) is 1. The van der Waals surface area contributed by atoms with Gasteiger partial charge in [-0.25, -0.2) is 0 Å². The number of carbonyl (C=O) groups excluding carboxylic acids is 1. The van der Waals surface area contributed by atoms with Crippen molar-refractivity contribution in [1.82, 2.24) is 4.90 Å². The zero-order valence-electron chi connectivity index (χ0n) is 16.5. The SMILES string of the molecule is CC(C)(C)C(=O)N1CCC(CNc2ccc(/C(C=N)=C/N)cc2C=N)CC1. The van der Waals surface area contributed by atoms with Gasteiger partial charge in [0.05, 0.1) is 0 Å². The van der Waals surface area contributed by atoms with E-state index in [0.717, 1.165) is 49.3 Å². The van der Waals surface area contributed by atoms with Gasteiger partial charge in [-0.1, -0.05) is 26.8 Å². The number of nitrogens with two attached hydrogens (primary N) is 1. The number of amides is 1. The molecule has 0 atom stereocenters. The van der Waals surface area contributed by atoms with Gasteiger partial charge in [-0.05, 0) is 36.5 Å². The van der Waals surface area contributed by atoms with Crippen LogP contribution in [-0.2, 0) is 4.79 Å². The highest BCUT2D eigenvalue weighted by Crippen LogP contribution is 2.25. The second-order valence-electron chi connectivity index (χ2n) is 8.08. The molecule has 27 heavy (non-hydrogen) atoms. The molecule has 1 amide bonds. The molecule has 5 N–H and O–H groups in total. The predicted molar refractivity (Wildman–Crippen MR) is 113 cm³/mol. The monoisotopic (exact) mass is 369 g/mol. The first-order valence-corrected chi connectivity index (χ1v) is 9.40. The van der Waals surface area contributed by atoms with Crippen LogP contribution in [0.3, 0.4) is 0 Å². The van der Waals surface area contributed by atoms with Gasteiger partial charge in [-0.2, -0.15) is 0 Å². The van der Waals surface area contributed by atoms with E-state index < -0.39 is 0 Å². The summed E-state index contributed by atoms with van der Waals surface area (Å²) in [5, 5.41) is 18.5. The van der Waals surface area contributed by atoms with Crippen LogP contribution in [0, 0.1) is 22.2 Å². The van der Waals surface area contributed by atoms with Gasteiger partial charge in [0.1, 0.15) is 0 Å². The maximum Gasteiger partial charge on any atom is 0.227 e. The van der Waals surface area contributed by atoms with E-state index in [1.165, 1.54) is 18.6 Å². The van der Waals surface area contributed by atoms with Crippen LogP contribution in [0.5, 0.6) is 0 Å². The van der Waals surface area contributed by atoms with Gasteiger partial charge in [-0.15, -0.1) is 0 Å². The van der Waals surface area contributed by atoms with E-state index in [0.29, 0.717) is 11.5 Å². The van der Waals surface area contributed by atoms with Crippen LogP contribution in [0.2, 0.25) is 0 Å². The van der Waals surface area contributed by atoms with Gasteiger partial charge < -0.3 is 26.8 Å². The lowest BCUT2D eigenvalue weighted by Crippen LogP contribution is -2.44. The first-order chi connectivity index (χ1) is 12.8. The quantitative estimate of drug-likeness (QED) is 0.578. The van der Waals surface area contributed by atoms with E-state index in [4.69, 9.17) is 16.6 Å². The highest BCUT2D eigenvalue weighted by Gasteiger charge is 2.30. The number of benzene rings is 1. The van der Waals surface area contributed by atoms with Crippen molar-refractivity contribution in [1.29, 1.82) is 10.8 Å².